The quantitative estimate of drug-likeness (QED) is 0.898. The summed E-state index contributed by atoms with van der Waals surface area (Å²) in [5, 5.41) is 12.0. The number of halogens is 2. The second-order valence-corrected chi connectivity index (χ2v) is 5.52. The first-order chi connectivity index (χ1) is 9.38. The molecule has 0 aromatic heterocycles. The van der Waals surface area contributed by atoms with Crippen LogP contribution >= 0.6 is 23.2 Å². The molecule has 0 bridgehead atoms. The first-order valence-corrected chi connectivity index (χ1v) is 6.79. The van der Waals surface area contributed by atoms with Crippen LogP contribution in [0.5, 0.6) is 0 Å². The van der Waals surface area contributed by atoms with Crippen LogP contribution in [-0.2, 0) is 9.53 Å². The van der Waals surface area contributed by atoms with Crippen molar-refractivity contribution in [3.8, 4) is 0 Å². The molecule has 0 spiro atoms. The summed E-state index contributed by atoms with van der Waals surface area (Å²) in [5.41, 5.74) is -0.0732. The Morgan fingerprint density at radius 3 is 2.65 bits per heavy atom. The van der Waals surface area contributed by atoms with Gasteiger partial charge in [-0.3, -0.25) is 4.79 Å². The van der Waals surface area contributed by atoms with Gasteiger partial charge in [0.25, 0.3) is 0 Å². The molecular weight excluding hydrogens is 305 g/mol. The van der Waals surface area contributed by atoms with Crippen molar-refractivity contribution < 1.29 is 19.4 Å². The third kappa shape index (κ3) is 3.23. The summed E-state index contributed by atoms with van der Waals surface area (Å²) in [4.78, 5) is 23.3. The smallest absolute Gasteiger partial charge is 0.337 e. The van der Waals surface area contributed by atoms with Crippen LogP contribution in [-0.4, -0.2) is 29.7 Å². The molecule has 2 atom stereocenters. The fourth-order valence-corrected chi connectivity index (χ4v) is 2.64. The summed E-state index contributed by atoms with van der Waals surface area (Å²) in [6.45, 7) is 2.20. The van der Waals surface area contributed by atoms with Crippen molar-refractivity contribution in [1.29, 1.82) is 0 Å². The number of anilines is 1. The lowest BCUT2D eigenvalue weighted by Crippen LogP contribution is -2.24. The van der Waals surface area contributed by atoms with Gasteiger partial charge in [0, 0.05) is 5.02 Å². The molecule has 1 aliphatic heterocycles. The first kappa shape index (κ1) is 15.1. The van der Waals surface area contributed by atoms with E-state index in [1.54, 1.807) is 0 Å². The Kier molecular flexibility index (Phi) is 4.52. The Hall–Kier alpha value is -1.30. The van der Waals surface area contributed by atoms with E-state index in [1.165, 1.54) is 12.1 Å². The number of carboxylic acids is 1. The molecular formula is C13H13Cl2NO4. The standard InChI is InChI=1S/C13H13Cl2NO4/c1-6-2-7(5-20-6)12(17)16-11-9(13(18)19)3-8(14)4-10(11)15/h3-4,6-7H,2,5H2,1H3,(H,16,17)(H,18,19). The number of carbonyl (C=O) groups is 2. The van der Waals surface area contributed by atoms with Crippen molar-refractivity contribution in [2.24, 2.45) is 5.92 Å². The number of hydrogen-bond donors (Lipinski definition) is 2. The molecule has 2 rings (SSSR count). The van der Waals surface area contributed by atoms with Gasteiger partial charge >= 0.3 is 5.97 Å². The van der Waals surface area contributed by atoms with Gasteiger partial charge in [-0.05, 0) is 25.5 Å². The van der Waals surface area contributed by atoms with Crippen LogP contribution in [0.3, 0.4) is 0 Å². The van der Waals surface area contributed by atoms with E-state index in [0.717, 1.165) is 0 Å². The molecule has 1 saturated heterocycles. The van der Waals surface area contributed by atoms with Crippen molar-refractivity contribution in [2.45, 2.75) is 19.4 Å². The second kappa shape index (κ2) is 5.99. The average molecular weight is 318 g/mol. The largest absolute Gasteiger partial charge is 0.478 e. The first-order valence-electron chi connectivity index (χ1n) is 6.03. The van der Waals surface area contributed by atoms with Crippen molar-refractivity contribution in [3.63, 3.8) is 0 Å². The highest BCUT2D eigenvalue weighted by atomic mass is 35.5. The molecule has 0 aliphatic carbocycles. The van der Waals surface area contributed by atoms with Crippen molar-refractivity contribution in [2.75, 3.05) is 11.9 Å². The lowest BCUT2D eigenvalue weighted by atomic mass is 10.0. The van der Waals surface area contributed by atoms with E-state index in [0.29, 0.717) is 13.0 Å². The summed E-state index contributed by atoms with van der Waals surface area (Å²) in [6.07, 6.45) is 0.616. The SMILES string of the molecule is CC1CC(C(=O)Nc2c(Cl)cc(Cl)cc2C(=O)O)CO1. The topological polar surface area (TPSA) is 75.6 Å². The van der Waals surface area contributed by atoms with Crippen LogP contribution in [0.15, 0.2) is 12.1 Å². The van der Waals surface area contributed by atoms with Gasteiger partial charge in [-0.1, -0.05) is 23.2 Å². The molecule has 2 unspecified atom stereocenters. The second-order valence-electron chi connectivity index (χ2n) is 4.68. The van der Waals surface area contributed by atoms with E-state index >= 15 is 0 Å². The van der Waals surface area contributed by atoms with Gasteiger partial charge in [0.05, 0.1) is 34.9 Å². The monoisotopic (exact) mass is 317 g/mol. The van der Waals surface area contributed by atoms with Crippen LogP contribution in [0, 0.1) is 5.92 Å². The number of rotatable bonds is 3. The van der Waals surface area contributed by atoms with E-state index in [9.17, 15) is 9.59 Å². The molecule has 0 saturated carbocycles. The number of hydrogen-bond acceptors (Lipinski definition) is 3. The zero-order valence-corrected chi connectivity index (χ0v) is 12.2. The molecule has 1 aromatic rings. The van der Waals surface area contributed by atoms with Crippen molar-refractivity contribution >= 4 is 40.8 Å². The van der Waals surface area contributed by atoms with E-state index in [1.807, 2.05) is 6.92 Å². The Balaban J connectivity index is 2.24. The number of nitrogens with one attached hydrogen (secondary N) is 1. The number of benzene rings is 1. The number of carboxylic acid groups (broad SMARTS) is 1. The summed E-state index contributed by atoms with van der Waals surface area (Å²) in [5.74, 6) is -1.82. The average Bonchev–Trinajstić information content (AvgIpc) is 2.78. The third-order valence-corrected chi connectivity index (χ3v) is 3.62. The van der Waals surface area contributed by atoms with E-state index in [-0.39, 0.29) is 39.2 Å². The highest BCUT2D eigenvalue weighted by Crippen LogP contribution is 2.31. The lowest BCUT2D eigenvalue weighted by molar-refractivity contribution is -0.119. The number of amides is 1. The Bertz CT molecular complexity index is 562. The Labute approximate surface area is 125 Å². The predicted octanol–water partition coefficient (Wildman–Crippen LogP) is 3.06. The van der Waals surface area contributed by atoms with Crippen LogP contribution in [0.25, 0.3) is 0 Å². The molecule has 1 aromatic carbocycles. The zero-order valence-electron chi connectivity index (χ0n) is 10.7. The summed E-state index contributed by atoms with van der Waals surface area (Å²) in [6, 6.07) is 2.64. The molecule has 7 heteroatoms. The van der Waals surface area contributed by atoms with Crippen molar-refractivity contribution in [3.05, 3.63) is 27.7 Å². The third-order valence-electron chi connectivity index (χ3n) is 3.10. The normalized spacial score (nSPS) is 21.8. The van der Waals surface area contributed by atoms with Gasteiger partial charge in [-0.2, -0.15) is 0 Å². The minimum Gasteiger partial charge on any atom is -0.478 e. The molecule has 1 fully saturated rings. The van der Waals surface area contributed by atoms with Gasteiger partial charge in [-0.15, -0.1) is 0 Å². The molecule has 1 heterocycles. The number of ether oxygens (including phenoxy) is 1. The van der Waals surface area contributed by atoms with Gasteiger partial charge in [0.2, 0.25) is 5.91 Å². The van der Waals surface area contributed by atoms with Crippen LogP contribution in [0.4, 0.5) is 5.69 Å². The van der Waals surface area contributed by atoms with Gasteiger partial charge in [0.15, 0.2) is 0 Å². The number of carbonyl (C=O) groups excluding carboxylic acids is 1. The lowest BCUT2D eigenvalue weighted by Gasteiger charge is -2.13. The van der Waals surface area contributed by atoms with E-state index < -0.39 is 5.97 Å². The summed E-state index contributed by atoms with van der Waals surface area (Å²) >= 11 is 11.7. The maximum absolute atomic E-state index is 12.1. The molecule has 0 radical (unpaired) electrons. The Morgan fingerprint density at radius 1 is 1.40 bits per heavy atom. The summed E-state index contributed by atoms with van der Waals surface area (Å²) < 4.78 is 5.32. The fraction of sp³-hybridized carbons (Fsp3) is 0.385. The van der Waals surface area contributed by atoms with E-state index in [2.05, 4.69) is 5.32 Å². The molecule has 1 aliphatic rings. The maximum Gasteiger partial charge on any atom is 0.337 e. The predicted molar refractivity (Wildman–Crippen MR) is 75.6 cm³/mol. The van der Waals surface area contributed by atoms with Gasteiger partial charge in [0.1, 0.15) is 0 Å². The Morgan fingerprint density at radius 2 is 2.10 bits per heavy atom. The van der Waals surface area contributed by atoms with E-state index in [4.69, 9.17) is 33.0 Å². The van der Waals surface area contributed by atoms with Gasteiger partial charge < -0.3 is 15.2 Å². The highest BCUT2D eigenvalue weighted by Gasteiger charge is 2.29. The summed E-state index contributed by atoms with van der Waals surface area (Å²) in [7, 11) is 0. The van der Waals surface area contributed by atoms with Crippen LogP contribution in [0.1, 0.15) is 23.7 Å². The molecule has 5 nitrogen and oxygen atoms in total. The molecule has 20 heavy (non-hydrogen) atoms. The number of aromatic carboxylic acids is 1. The minimum atomic E-state index is -1.21. The maximum atomic E-state index is 12.1. The molecule has 2 N–H and O–H groups in total. The molecule has 1 amide bonds. The van der Waals surface area contributed by atoms with Gasteiger partial charge in [-0.25, -0.2) is 4.79 Å². The molecule has 108 valence electrons. The van der Waals surface area contributed by atoms with Crippen molar-refractivity contribution in [1.82, 2.24) is 0 Å². The zero-order chi connectivity index (χ0) is 14.9. The highest BCUT2D eigenvalue weighted by molar-refractivity contribution is 6.37. The fourth-order valence-electron chi connectivity index (χ4n) is 2.09. The minimum absolute atomic E-state index is 0.0189. The van der Waals surface area contributed by atoms with Crippen LogP contribution in [0.2, 0.25) is 10.0 Å². The van der Waals surface area contributed by atoms with Crippen LogP contribution < -0.4 is 5.32 Å².